The summed E-state index contributed by atoms with van der Waals surface area (Å²) >= 11 is 9.16. The molecule has 0 atom stereocenters. The van der Waals surface area contributed by atoms with Crippen molar-refractivity contribution in [1.29, 1.82) is 0 Å². The van der Waals surface area contributed by atoms with Gasteiger partial charge in [0.05, 0.1) is 11.1 Å². The zero-order valence-electron chi connectivity index (χ0n) is 11.0. The molecule has 0 aliphatic carbocycles. The van der Waals surface area contributed by atoms with Crippen LogP contribution >= 0.6 is 27.5 Å². The molecule has 0 spiro atoms. The van der Waals surface area contributed by atoms with E-state index in [4.69, 9.17) is 16.0 Å². The predicted octanol–water partition coefficient (Wildman–Crippen LogP) is 3.86. The Morgan fingerprint density at radius 1 is 1.27 bits per heavy atom. The first-order valence-corrected chi connectivity index (χ1v) is 7.37. The number of nitrogens with one attached hydrogen (secondary N) is 1. The molecule has 0 radical (unpaired) electrons. The average Bonchev–Trinajstić information content (AvgIpc) is 2.50. The summed E-state index contributed by atoms with van der Waals surface area (Å²) in [7, 11) is 0. The maximum Gasteiger partial charge on any atom is 0.344 e. The average molecular weight is 380 g/mol. The van der Waals surface area contributed by atoms with Gasteiger partial charge in [-0.15, -0.1) is 0 Å². The van der Waals surface area contributed by atoms with E-state index in [1.807, 2.05) is 0 Å². The maximum atomic E-state index is 12.2. The third-order valence-corrected chi connectivity index (χ3v) is 3.75. The Morgan fingerprint density at radius 3 is 2.86 bits per heavy atom. The molecule has 1 amide bonds. The van der Waals surface area contributed by atoms with E-state index in [0.29, 0.717) is 16.5 Å². The van der Waals surface area contributed by atoms with Gasteiger partial charge in [-0.05, 0) is 35.7 Å². The molecule has 0 aliphatic rings. The van der Waals surface area contributed by atoms with Gasteiger partial charge in [0.25, 0.3) is 5.91 Å². The second kappa shape index (κ2) is 5.90. The van der Waals surface area contributed by atoms with Crippen LogP contribution in [0.4, 0.5) is 5.69 Å². The number of hydrogen-bond donors (Lipinski definition) is 1. The van der Waals surface area contributed by atoms with E-state index in [0.717, 1.165) is 4.47 Å². The normalized spacial score (nSPS) is 10.6. The van der Waals surface area contributed by atoms with Gasteiger partial charge in [-0.3, -0.25) is 4.79 Å². The molecule has 3 rings (SSSR count). The van der Waals surface area contributed by atoms with E-state index < -0.39 is 11.5 Å². The summed E-state index contributed by atoms with van der Waals surface area (Å²) in [5.74, 6) is -0.670. The van der Waals surface area contributed by atoms with E-state index in [1.165, 1.54) is 12.3 Å². The first kappa shape index (κ1) is 14.7. The molecule has 22 heavy (non-hydrogen) atoms. The third kappa shape index (κ3) is 2.88. The maximum absolute atomic E-state index is 12.2. The van der Waals surface area contributed by atoms with Gasteiger partial charge in [0.2, 0.25) is 0 Å². The highest BCUT2D eigenvalue weighted by molar-refractivity contribution is 9.10. The van der Waals surface area contributed by atoms with Crippen LogP contribution in [0, 0.1) is 0 Å². The fourth-order valence-electron chi connectivity index (χ4n) is 1.93. The van der Waals surface area contributed by atoms with Gasteiger partial charge in [0.1, 0.15) is 0 Å². The zero-order chi connectivity index (χ0) is 15.7. The predicted molar refractivity (Wildman–Crippen MR) is 87.4 cm³/mol. The van der Waals surface area contributed by atoms with Crippen LogP contribution in [0.2, 0.25) is 5.15 Å². The van der Waals surface area contributed by atoms with Crippen molar-refractivity contribution in [2.45, 2.75) is 0 Å². The summed E-state index contributed by atoms with van der Waals surface area (Å²) in [4.78, 5) is 28.0. The number of nitrogens with zero attached hydrogens (tertiary/aromatic N) is 1. The quantitative estimate of drug-likeness (QED) is 0.686. The molecule has 5 nitrogen and oxygen atoms in total. The van der Waals surface area contributed by atoms with Crippen molar-refractivity contribution in [3.05, 3.63) is 68.4 Å². The number of fused-ring (bicyclic) bond motifs is 1. The number of pyridine rings is 1. The van der Waals surface area contributed by atoms with Crippen molar-refractivity contribution >= 4 is 49.9 Å². The lowest BCUT2D eigenvalue weighted by molar-refractivity contribution is 0.0993. The number of carbonyl (C=O) groups is 1. The fraction of sp³-hybridized carbons (Fsp3) is 0. The molecule has 3 aromatic rings. The molecule has 0 saturated heterocycles. The first-order chi connectivity index (χ1) is 10.5. The lowest BCUT2D eigenvalue weighted by atomic mass is 10.1. The highest BCUT2D eigenvalue weighted by Gasteiger charge is 2.14. The Balaban J connectivity index is 2.00. The highest BCUT2D eigenvalue weighted by atomic mass is 79.9. The fourth-order valence-corrected chi connectivity index (χ4v) is 2.46. The zero-order valence-corrected chi connectivity index (χ0v) is 13.3. The summed E-state index contributed by atoms with van der Waals surface area (Å²) in [6.45, 7) is 0. The van der Waals surface area contributed by atoms with Crippen LogP contribution in [0.1, 0.15) is 10.6 Å². The molecule has 2 aromatic heterocycles. The third-order valence-electron chi connectivity index (χ3n) is 2.96. The van der Waals surface area contributed by atoms with E-state index in [1.54, 1.807) is 30.3 Å². The number of amides is 1. The molecule has 7 heteroatoms. The number of hydrogen-bond acceptors (Lipinski definition) is 4. The number of anilines is 1. The first-order valence-electron chi connectivity index (χ1n) is 6.20. The molecular weight excluding hydrogens is 372 g/mol. The number of aromatic nitrogens is 1. The SMILES string of the molecule is O=C(Nc1cccnc1Cl)c1cc2ccc(Br)cc2c(=O)o1. The van der Waals surface area contributed by atoms with E-state index in [9.17, 15) is 9.59 Å². The second-order valence-corrected chi connectivity index (χ2v) is 5.70. The van der Waals surface area contributed by atoms with Crippen LogP contribution in [0.5, 0.6) is 0 Å². The molecule has 1 N–H and O–H groups in total. The highest BCUT2D eigenvalue weighted by Crippen LogP contribution is 2.20. The van der Waals surface area contributed by atoms with Crippen LogP contribution in [0.25, 0.3) is 10.8 Å². The lowest BCUT2D eigenvalue weighted by Gasteiger charge is -2.06. The van der Waals surface area contributed by atoms with Gasteiger partial charge in [-0.2, -0.15) is 0 Å². The monoisotopic (exact) mass is 378 g/mol. The Hall–Kier alpha value is -2.18. The summed E-state index contributed by atoms with van der Waals surface area (Å²) < 4.78 is 5.82. The Bertz CT molecular complexity index is 939. The van der Waals surface area contributed by atoms with Crippen LogP contribution in [0.15, 0.2) is 56.3 Å². The number of benzene rings is 1. The second-order valence-electron chi connectivity index (χ2n) is 4.43. The summed E-state index contributed by atoms with van der Waals surface area (Å²) in [5, 5.41) is 3.72. The van der Waals surface area contributed by atoms with Crippen molar-refractivity contribution in [2.24, 2.45) is 0 Å². The van der Waals surface area contributed by atoms with Gasteiger partial charge >= 0.3 is 5.63 Å². The lowest BCUT2D eigenvalue weighted by Crippen LogP contribution is -2.15. The molecule has 0 aliphatic heterocycles. The summed E-state index contributed by atoms with van der Waals surface area (Å²) in [6.07, 6.45) is 1.51. The van der Waals surface area contributed by atoms with Crippen molar-refractivity contribution in [1.82, 2.24) is 4.98 Å². The van der Waals surface area contributed by atoms with Crippen LogP contribution in [-0.2, 0) is 0 Å². The smallest absolute Gasteiger partial charge is 0.344 e. The molecule has 110 valence electrons. The van der Waals surface area contributed by atoms with Crippen LogP contribution < -0.4 is 10.9 Å². The number of carbonyl (C=O) groups excluding carboxylic acids is 1. The summed E-state index contributed by atoms with van der Waals surface area (Å²) in [5.41, 5.74) is -0.242. The Kier molecular flexibility index (Phi) is 3.96. The molecule has 0 bridgehead atoms. The van der Waals surface area contributed by atoms with Crippen molar-refractivity contribution < 1.29 is 9.21 Å². The van der Waals surface area contributed by atoms with Crippen LogP contribution in [0.3, 0.4) is 0 Å². The van der Waals surface area contributed by atoms with Crippen LogP contribution in [-0.4, -0.2) is 10.9 Å². The Labute approximate surface area is 138 Å². The van der Waals surface area contributed by atoms with E-state index in [2.05, 4.69) is 26.2 Å². The van der Waals surface area contributed by atoms with Gasteiger partial charge < -0.3 is 9.73 Å². The number of halogens is 2. The standard InChI is InChI=1S/C15H8BrClN2O3/c16-9-4-3-8-6-12(22-15(21)10(8)7-9)14(20)19-11-2-1-5-18-13(11)17/h1-7H,(H,19,20). The minimum Gasteiger partial charge on any atom is -0.417 e. The van der Waals surface area contributed by atoms with Gasteiger partial charge in [-0.25, -0.2) is 9.78 Å². The van der Waals surface area contributed by atoms with Crippen molar-refractivity contribution in [2.75, 3.05) is 5.32 Å². The van der Waals surface area contributed by atoms with E-state index in [-0.39, 0.29) is 10.9 Å². The topological polar surface area (TPSA) is 72.2 Å². The molecule has 1 aromatic carbocycles. The minimum absolute atomic E-state index is 0.0975. The van der Waals surface area contributed by atoms with E-state index >= 15 is 0 Å². The molecule has 0 unspecified atom stereocenters. The van der Waals surface area contributed by atoms with Crippen molar-refractivity contribution in [3.8, 4) is 0 Å². The van der Waals surface area contributed by atoms with Gasteiger partial charge in [0, 0.05) is 10.7 Å². The summed E-state index contributed by atoms with van der Waals surface area (Å²) in [6, 6.07) is 9.88. The molecule has 2 heterocycles. The molecular formula is C15H8BrClN2O3. The molecule has 0 fully saturated rings. The van der Waals surface area contributed by atoms with Gasteiger partial charge in [-0.1, -0.05) is 33.6 Å². The number of rotatable bonds is 2. The largest absolute Gasteiger partial charge is 0.417 e. The molecule has 0 saturated carbocycles. The van der Waals surface area contributed by atoms with Crippen molar-refractivity contribution in [3.63, 3.8) is 0 Å². The minimum atomic E-state index is -0.582. The van der Waals surface area contributed by atoms with Gasteiger partial charge in [0.15, 0.2) is 10.9 Å². The Morgan fingerprint density at radius 2 is 2.09 bits per heavy atom.